The highest BCUT2D eigenvalue weighted by molar-refractivity contribution is 6.09. The van der Waals surface area contributed by atoms with Crippen LogP contribution in [-0.4, -0.2) is 48.0 Å². The van der Waals surface area contributed by atoms with Crippen molar-refractivity contribution >= 4 is 22.7 Å². The standard InChI is InChI=1S/C24H27N3O3/c1-15-6-4-8-19-18(13-25-22(15)19)12-16(2)26-23(28)20-9-5-7-17-14-27(10-11-30-3)24(29)21(17)20/h4-9,13,16,25H,10-12,14H2,1-3H3,(H,26,28). The molecule has 6 nitrogen and oxygen atoms in total. The summed E-state index contributed by atoms with van der Waals surface area (Å²) >= 11 is 0. The molecular formula is C24H27N3O3. The van der Waals surface area contributed by atoms with Crippen molar-refractivity contribution in [3.05, 3.63) is 70.4 Å². The van der Waals surface area contributed by atoms with Crippen LogP contribution in [0.4, 0.5) is 0 Å². The minimum absolute atomic E-state index is 0.0750. The third-order valence-electron chi connectivity index (χ3n) is 5.74. The van der Waals surface area contributed by atoms with E-state index >= 15 is 0 Å². The normalized spacial score (nSPS) is 14.2. The fourth-order valence-electron chi connectivity index (χ4n) is 4.21. The van der Waals surface area contributed by atoms with Gasteiger partial charge in [-0.3, -0.25) is 9.59 Å². The van der Waals surface area contributed by atoms with Gasteiger partial charge in [0.15, 0.2) is 0 Å². The number of fused-ring (bicyclic) bond motifs is 2. The zero-order valence-corrected chi connectivity index (χ0v) is 17.6. The number of aromatic amines is 1. The minimum Gasteiger partial charge on any atom is -0.383 e. The molecule has 2 aromatic carbocycles. The van der Waals surface area contributed by atoms with E-state index < -0.39 is 0 Å². The van der Waals surface area contributed by atoms with Crippen LogP contribution in [0.25, 0.3) is 10.9 Å². The lowest BCUT2D eigenvalue weighted by Crippen LogP contribution is -2.35. The Morgan fingerprint density at radius 2 is 2.07 bits per heavy atom. The summed E-state index contributed by atoms with van der Waals surface area (Å²) in [6.45, 7) is 5.58. The topological polar surface area (TPSA) is 74.4 Å². The number of para-hydroxylation sites is 1. The summed E-state index contributed by atoms with van der Waals surface area (Å²) in [6, 6.07) is 11.6. The van der Waals surface area contributed by atoms with Gasteiger partial charge < -0.3 is 19.9 Å². The summed E-state index contributed by atoms with van der Waals surface area (Å²) in [5.74, 6) is -0.315. The highest BCUT2D eigenvalue weighted by atomic mass is 16.5. The summed E-state index contributed by atoms with van der Waals surface area (Å²) in [7, 11) is 1.61. The predicted molar refractivity (Wildman–Crippen MR) is 117 cm³/mol. The van der Waals surface area contributed by atoms with Gasteiger partial charge in [0.05, 0.1) is 17.7 Å². The summed E-state index contributed by atoms with van der Waals surface area (Å²) < 4.78 is 5.09. The molecule has 0 aliphatic carbocycles. The van der Waals surface area contributed by atoms with E-state index in [1.165, 1.54) is 16.5 Å². The molecule has 0 fully saturated rings. The zero-order chi connectivity index (χ0) is 21.3. The molecular weight excluding hydrogens is 378 g/mol. The number of carbonyl (C=O) groups is 2. The number of H-pyrrole nitrogens is 1. The second-order valence-corrected chi connectivity index (χ2v) is 7.95. The van der Waals surface area contributed by atoms with Crippen LogP contribution < -0.4 is 5.32 Å². The van der Waals surface area contributed by atoms with E-state index in [1.54, 1.807) is 18.1 Å². The number of aromatic nitrogens is 1. The number of amides is 2. The molecule has 2 N–H and O–H groups in total. The number of benzene rings is 2. The molecule has 4 rings (SSSR count). The number of carbonyl (C=O) groups excluding carboxylic acids is 2. The molecule has 1 aromatic heterocycles. The maximum atomic E-state index is 13.0. The Kier molecular flexibility index (Phi) is 5.59. The number of nitrogens with zero attached hydrogens (tertiary/aromatic N) is 1. The number of methoxy groups -OCH3 is 1. The van der Waals surface area contributed by atoms with Crippen LogP contribution in [0, 0.1) is 6.92 Å². The second-order valence-electron chi connectivity index (χ2n) is 7.95. The van der Waals surface area contributed by atoms with Gasteiger partial charge >= 0.3 is 0 Å². The molecule has 30 heavy (non-hydrogen) atoms. The average molecular weight is 405 g/mol. The van der Waals surface area contributed by atoms with Crippen molar-refractivity contribution < 1.29 is 14.3 Å². The number of ether oxygens (including phenoxy) is 1. The van der Waals surface area contributed by atoms with Gasteiger partial charge in [0.25, 0.3) is 11.8 Å². The molecule has 2 amide bonds. The van der Waals surface area contributed by atoms with Crippen molar-refractivity contribution in [3.8, 4) is 0 Å². The first-order valence-electron chi connectivity index (χ1n) is 10.3. The largest absolute Gasteiger partial charge is 0.383 e. The first-order valence-corrected chi connectivity index (χ1v) is 10.3. The fraction of sp³-hybridized carbons (Fsp3) is 0.333. The van der Waals surface area contributed by atoms with E-state index in [-0.39, 0.29) is 17.9 Å². The molecule has 1 atom stereocenters. The number of hydrogen-bond acceptors (Lipinski definition) is 3. The van der Waals surface area contributed by atoms with Crippen LogP contribution in [0.5, 0.6) is 0 Å². The van der Waals surface area contributed by atoms with E-state index in [0.717, 1.165) is 11.1 Å². The number of hydrogen-bond donors (Lipinski definition) is 2. The van der Waals surface area contributed by atoms with Gasteiger partial charge in [-0.15, -0.1) is 0 Å². The first kappa shape index (κ1) is 20.2. The van der Waals surface area contributed by atoms with Gasteiger partial charge in [0, 0.05) is 43.3 Å². The Morgan fingerprint density at radius 1 is 1.27 bits per heavy atom. The molecule has 0 spiro atoms. The van der Waals surface area contributed by atoms with Gasteiger partial charge in [0.2, 0.25) is 0 Å². The van der Waals surface area contributed by atoms with E-state index in [9.17, 15) is 9.59 Å². The zero-order valence-electron chi connectivity index (χ0n) is 17.6. The molecule has 0 radical (unpaired) electrons. The Bertz CT molecular complexity index is 1100. The van der Waals surface area contributed by atoms with Crippen molar-refractivity contribution in [2.45, 2.75) is 32.9 Å². The summed E-state index contributed by atoms with van der Waals surface area (Å²) in [4.78, 5) is 30.9. The Morgan fingerprint density at radius 3 is 2.87 bits per heavy atom. The number of rotatable bonds is 7. The fourth-order valence-corrected chi connectivity index (χ4v) is 4.21. The molecule has 1 aliphatic rings. The molecule has 1 aliphatic heterocycles. The van der Waals surface area contributed by atoms with Gasteiger partial charge in [-0.2, -0.15) is 0 Å². The third kappa shape index (κ3) is 3.71. The lowest BCUT2D eigenvalue weighted by molar-refractivity contribution is 0.0715. The lowest BCUT2D eigenvalue weighted by Gasteiger charge is -2.16. The van der Waals surface area contributed by atoms with Crippen molar-refractivity contribution in [1.29, 1.82) is 0 Å². The van der Waals surface area contributed by atoms with Crippen molar-refractivity contribution in [2.24, 2.45) is 0 Å². The van der Waals surface area contributed by atoms with Crippen LogP contribution in [0.2, 0.25) is 0 Å². The number of nitrogens with one attached hydrogen (secondary N) is 2. The summed E-state index contributed by atoms with van der Waals surface area (Å²) in [6.07, 6.45) is 2.72. The van der Waals surface area contributed by atoms with E-state index in [0.29, 0.717) is 37.2 Å². The van der Waals surface area contributed by atoms with E-state index in [1.807, 2.05) is 31.3 Å². The van der Waals surface area contributed by atoms with Crippen LogP contribution in [0.3, 0.4) is 0 Å². The second kappa shape index (κ2) is 8.32. The molecule has 156 valence electrons. The molecule has 0 saturated heterocycles. The average Bonchev–Trinajstić information content (AvgIpc) is 3.28. The third-order valence-corrected chi connectivity index (χ3v) is 5.74. The monoisotopic (exact) mass is 405 g/mol. The van der Waals surface area contributed by atoms with Gasteiger partial charge in [-0.05, 0) is 43.0 Å². The van der Waals surface area contributed by atoms with Crippen LogP contribution in [-0.2, 0) is 17.7 Å². The molecule has 1 unspecified atom stereocenters. The molecule has 3 aromatic rings. The summed E-state index contributed by atoms with van der Waals surface area (Å²) in [5.41, 5.74) is 5.35. The van der Waals surface area contributed by atoms with E-state index in [4.69, 9.17) is 4.74 Å². The summed E-state index contributed by atoms with van der Waals surface area (Å²) in [5, 5.41) is 4.25. The predicted octanol–water partition coefficient (Wildman–Crippen LogP) is 3.44. The van der Waals surface area contributed by atoms with Gasteiger partial charge in [0.1, 0.15) is 0 Å². The van der Waals surface area contributed by atoms with Gasteiger partial charge in [-0.1, -0.05) is 30.3 Å². The first-order chi connectivity index (χ1) is 14.5. The van der Waals surface area contributed by atoms with Crippen molar-refractivity contribution in [2.75, 3.05) is 20.3 Å². The molecule has 0 saturated carbocycles. The maximum absolute atomic E-state index is 13.0. The van der Waals surface area contributed by atoms with Crippen LogP contribution >= 0.6 is 0 Å². The Hall–Kier alpha value is -3.12. The van der Waals surface area contributed by atoms with Gasteiger partial charge in [-0.25, -0.2) is 0 Å². The Balaban J connectivity index is 1.49. The smallest absolute Gasteiger partial charge is 0.255 e. The molecule has 2 heterocycles. The highest BCUT2D eigenvalue weighted by Gasteiger charge is 2.31. The van der Waals surface area contributed by atoms with Crippen LogP contribution in [0.15, 0.2) is 42.6 Å². The number of aryl methyl sites for hydroxylation is 1. The quantitative estimate of drug-likeness (QED) is 0.632. The molecule has 6 heteroatoms. The molecule has 0 bridgehead atoms. The Labute approximate surface area is 176 Å². The van der Waals surface area contributed by atoms with E-state index in [2.05, 4.69) is 29.4 Å². The lowest BCUT2D eigenvalue weighted by atomic mass is 10.0. The van der Waals surface area contributed by atoms with Crippen molar-refractivity contribution in [1.82, 2.24) is 15.2 Å². The van der Waals surface area contributed by atoms with Crippen LogP contribution in [0.1, 0.15) is 44.3 Å². The SMILES string of the molecule is COCCN1Cc2cccc(C(=O)NC(C)Cc3c[nH]c4c(C)cccc34)c2C1=O. The van der Waals surface area contributed by atoms with Crippen molar-refractivity contribution in [3.63, 3.8) is 0 Å². The maximum Gasteiger partial charge on any atom is 0.255 e. The minimum atomic E-state index is -0.211. The highest BCUT2D eigenvalue weighted by Crippen LogP contribution is 2.26.